The summed E-state index contributed by atoms with van der Waals surface area (Å²) in [5.41, 5.74) is 1.32. The fourth-order valence-corrected chi connectivity index (χ4v) is 4.00. The van der Waals surface area contributed by atoms with Crippen LogP contribution in [0.1, 0.15) is 36.8 Å². The highest BCUT2D eigenvalue weighted by Gasteiger charge is 2.34. The molecule has 2 amide bonds. The van der Waals surface area contributed by atoms with Gasteiger partial charge in [0.1, 0.15) is 17.7 Å². The maximum Gasteiger partial charge on any atom is 0.273 e. The SMILES string of the molecule is CC(C)(C)[C@H](NC(=O)c1nn(Cc2ccc(F)cc2)c2ccccc12)C(=O)NCCNc1ccccn1. The molecule has 4 rings (SSSR count). The highest BCUT2D eigenvalue weighted by atomic mass is 19.1. The molecule has 1 atom stereocenters. The van der Waals surface area contributed by atoms with Gasteiger partial charge in [-0.05, 0) is 41.3 Å². The minimum atomic E-state index is -0.782. The maximum absolute atomic E-state index is 13.4. The van der Waals surface area contributed by atoms with Crippen LogP contribution in [-0.4, -0.2) is 45.7 Å². The average Bonchev–Trinajstić information content (AvgIpc) is 3.25. The summed E-state index contributed by atoms with van der Waals surface area (Å²) in [6.45, 7) is 6.93. The predicted octanol–water partition coefficient (Wildman–Crippen LogP) is 3.99. The molecule has 9 heteroatoms. The van der Waals surface area contributed by atoms with E-state index in [1.165, 1.54) is 12.1 Å². The highest BCUT2D eigenvalue weighted by molar-refractivity contribution is 6.06. The summed E-state index contributed by atoms with van der Waals surface area (Å²) in [5, 5.41) is 14.2. The van der Waals surface area contributed by atoms with E-state index in [1.807, 2.05) is 63.2 Å². The topological polar surface area (TPSA) is 101 Å². The number of nitrogens with zero attached hydrogens (tertiary/aromatic N) is 3. The van der Waals surface area contributed by atoms with Crippen LogP contribution in [0.25, 0.3) is 10.9 Å². The molecule has 2 heterocycles. The van der Waals surface area contributed by atoms with E-state index in [4.69, 9.17) is 0 Å². The van der Waals surface area contributed by atoms with Crippen molar-refractivity contribution in [3.63, 3.8) is 0 Å². The molecule has 0 aliphatic carbocycles. The molecule has 37 heavy (non-hydrogen) atoms. The maximum atomic E-state index is 13.4. The van der Waals surface area contributed by atoms with Gasteiger partial charge < -0.3 is 16.0 Å². The van der Waals surface area contributed by atoms with Gasteiger partial charge in [0.25, 0.3) is 5.91 Å². The van der Waals surface area contributed by atoms with E-state index < -0.39 is 17.4 Å². The number of fused-ring (bicyclic) bond motifs is 1. The number of amides is 2. The van der Waals surface area contributed by atoms with Crippen molar-refractivity contribution < 1.29 is 14.0 Å². The van der Waals surface area contributed by atoms with Crippen molar-refractivity contribution in [2.24, 2.45) is 5.41 Å². The van der Waals surface area contributed by atoms with Crippen LogP contribution in [0, 0.1) is 11.2 Å². The van der Waals surface area contributed by atoms with Crippen molar-refractivity contribution in [1.29, 1.82) is 0 Å². The van der Waals surface area contributed by atoms with Gasteiger partial charge in [-0.15, -0.1) is 0 Å². The second-order valence-corrected chi connectivity index (χ2v) is 9.86. The Bertz CT molecular complexity index is 1360. The normalized spacial score (nSPS) is 12.2. The summed E-state index contributed by atoms with van der Waals surface area (Å²) in [7, 11) is 0. The van der Waals surface area contributed by atoms with E-state index in [9.17, 15) is 14.0 Å². The quantitative estimate of drug-likeness (QED) is 0.301. The number of carbonyl (C=O) groups is 2. The van der Waals surface area contributed by atoms with E-state index >= 15 is 0 Å². The second kappa shape index (κ2) is 11.2. The number of hydrogen-bond donors (Lipinski definition) is 3. The van der Waals surface area contributed by atoms with Gasteiger partial charge in [0.2, 0.25) is 5.91 Å². The van der Waals surface area contributed by atoms with Crippen molar-refractivity contribution in [3.05, 3.63) is 90.0 Å². The van der Waals surface area contributed by atoms with E-state index in [1.54, 1.807) is 23.0 Å². The van der Waals surface area contributed by atoms with Gasteiger partial charge in [-0.2, -0.15) is 5.10 Å². The lowest BCUT2D eigenvalue weighted by Crippen LogP contribution is -2.54. The van der Waals surface area contributed by atoms with Crippen molar-refractivity contribution in [1.82, 2.24) is 25.4 Å². The van der Waals surface area contributed by atoms with Crippen LogP contribution < -0.4 is 16.0 Å². The fraction of sp³-hybridized carbons (Fsp3) is 0.286. The van der Waals surface area contributed by atoms with Crippen LogP contribution in [0.3, 0.4) is 0 Å². The number of para-hydroxylation sites is 1. The molecule has 8 nitrogen and oxygen atoms in total. The van der Waals surface area contributed by atoms with Crippen LogP contribution in [0.15, 0.2) is 72.9 Å². The molecule has 0 saturated heterocycles. The van der Waals surface area contributed by atoms with E-state index in [-0.39, 0.29) is 17.4 Å². The molecule has 0 bridgehead atoms. The third-order valence-electron chi connectivity index (χ3n) is 5.92. The van der Waals surface area contributed by atoms with E-state index in [0.29, 0.717) is 25.0 Å². The largest absolute Gasteiger partial charge is 0.368 e. The fourth-order valence-electron chi connectivity index (χ4n) is 4.00. The molecule has 3 N–H and O–H groups in total. The molecule has 0 unspecified atom stereocenters. The first-order valence-electron chi connectivity index (χ1n) is 12.2. The first-order chi connectivity index (χ1) is 17.7. The molecule has 4 aromatic rings. The van der Waals surface area contributed by atoms with Crippen molar-refractivity contribution >= 4 is 28.5 Å². The Morgan fingerprint density at radius 3 is 2.41 bits per heavy atom. The zero-order valence-electron chi connectivity index (χ0n) is 21.2. The zero-order chi connectivity index (χ0) is 26.4. The lowest BCUT2D eigenvalue weighted by molar-refractivity contribution is -0.125. The number of benzene rings is 2. The molecule has 0 aliphatic rings. The molecule has 0 fully saturated rings. The monoisotopic (exact) mass is 502 g/mol. The van der Waals surface area contributed by atoms with Gasteiger partial charge in [-0.3, -0.25) is 14.3 Å². The molecule has 2 aromatic heterocycles. The molecule has 0 saturated carbocycles. The summed E-state index contributed by atoms with van der Waals surface area (Å²) < 4.78 is 15.0. The molecule has 2 aromatic carbocycles. The van der Waals surface area contributed by atoms with Crippen LogP contribution in [0.5, 0.6) is 0 Å². The Labute approximate surface area is 215 Å². The van der Waals surface area contributed by atoms with Crippen LogP contribution in [0.4, 0.5) is 10.2 Å². The first kappa shape index (κ1) is 25.8. The molecule has 0 radical (unpaired) electrons. The van der Waals surface area contributed by atoms with Crippen molar-refractivity contribution in [2.45, 2.75) is 33.4 Å². The highest BCUT2D eigenvalue weighted by Crippen LogP contribution is 2.23. The summed E-state index contributed by atoms with van der Waals surface area (Å²) in [6.07, 6.45) is 1.69. The van der Waals surface area contributed by atoms with Gasteiger partial charge in [-0.1, -0.05) is 57.2 Å². The van der Waals surface area contributed by atoms with Gasteiger partial charge in [-0.25, -0.2) is 9.37 Å². The minimum absolute atomic E-state index is 0.233. The number of rotatable bonds is 9. The Morgan fingerprint density at radius 1 is 0.973 bits per heavy atom. The summed E-state index contributed by atoms with van der Waals surface area (Å²) in [5.74, 6) is -0.303. The van der Waals surface area contributed by atoms with Crippen LogP contribution in [0.2, 0.25) is 0 Å². The third-order valence-corrected chi connectivity index (χ3v) is 5.92. The summed E-state index contributed by atoms with van der Waals surface area (Å²) in [6, 6.07) is 18.4. The number of nitrogens with one attached hydrogen (secondary N) is 3. The first-order valence-corrected chi connectivity index (χ1v) is 12.2. The van der Waals surface area contributed by atoms with Gasteiger partial charge in [0.15, 0.2) is 5.69 Å². The van der Waals surface area contributed by atoms with Crippen molar-refractivity contribution in [3.8, 4) is 0 Å². The molecule has 0 aliphatic heterocycles. The van der Waals surface area contributed by atoms with E-state index in [0.717, 1.165) is 16.9 Å². The molecular weight excluding hydrogens is 471 g/mol. The molecular formula is C28H31FN6O2. The predicted molar refractivity (Wildman–Crippen MR) is 142 cm³/mol. The summed E-state index contributed by atoms with van der Waals surface area (Å²) >= 11 is 0. The number of aromatic nitrogens is 3. The molecule has 192 valence electrons. The number of carbonyl (C=O) groups excluding carboxylic acids is 2. The third kappa shape index (κ3) is 6.49. The smallest absolute Gasteiger partial charge is 0.273 e. The van der Waals surface area contributed by atoms with Gasteiger partial charge >= 0.3 is 0 Å². The van der Waals surface area contributed by atoms with Crippen molar-refractivity contribution in [2.75, 3.05) is 18.4 Å². The number of anilines is 1. The van der Waals surface area contributed by atoms with Crippen LogP contribution in [-0.2, 0) is 11.3 Å². The summed E-state index contributed by atoms with van der Waals surface area (Å²) in [4.78, 5) is 30.7. The standard InChI is InChI=1S/C28H31FN6O2/c1-28(2,3)25(27(37)32-17-16-31-23-10-6-7-15-30-23)33-26(36)24-21-8-4-5-9-22(21)35(34-24)18-19-11-13-20(29)14-12-19/h4-15,25H,16-18H2,1-3H3,(H,30,31)(H,32,37)(H,33,36)/t25-/m1/s1. The average molecular weight is 503 g/mol. The zero-order valence-corrected chi connectivity index (χ0v) is 21.2. The molecule has 0 spiro atoms. The number of pyridine rings is 1. The Morgan fingerprint density at radius 2 is 1.70 bits per heavy atom. The Kier molecular flexibility index (Phi) is 7.81. The van der Waals surface area contributed by atoms with E-state index in [2.05, 4.69) is 26.0 Å². The Hall–Kier alpha value is -4.27. The lowest BCUT2D eigenvalue weighted by atomic mass is 9.86. The Balaban J connectivity index is 1.47. The number of hydrogen-bond acceptors (Lipinski definition) is 5. The lowest BCUT2D eigenvalue weighted by Gasteiger charge is -2.30. The number of halogens is 1. The van der Waals surface area contributed by atoms with Crippen LogP contribution >= 0.6 is 0 Å². The van der Waals surface area contributed by atoms with Gasteiger partial charge in [0, 0.05) is 24.7 Å². The minimum Gasteiger partial charge on any atom is -0.368 e. The van der Waals surface area contributed by atoms with Gasteiger partial charge in [0.05, 0.1) is 12.1 Å². The second-order valence-electron chi connectivity index (χ2n) is 9.86.